The molecule has 0 N–H and O–H groups in total. The average Bonchev–Trinajstić information content (AvgIpc) is 3.77. The van der Waals surface area contributed by atoms with Gasteiger partial charge in [-0.1, -0.05) is 237 Å². The molecule has 1 aliphatic rings. The Bertz CT molecular complexity index is 1660. The fourth-order valence-electron chi connectivity index (χ4n) is 8.76. The molecule has 65 heavy (non-hydrogen) atoms. The van der Waals surface area contributed by atoms with Gasteiger partial charge < -0.3 is 14.2 Å². The van der Waals surface area contributed by atoms with Gasteiger partial charge >= 0.3 is 17.9 Å². The number of esters is 3. The van der Waals surface area contributed by atoms with E-state index in [9.17, 15) is 14.4 Å². The van der Waals surface area contributed by atoms with Gasteiger partial charge in [-0.05, 0) is 59.4 Å². The maximum atomic E-state index is 12.7. The summed E-state index contributed by atoms with van der Waals surface area (Å²) in [4.78, 5) is 38.5. The zero-order valence-corrected chi connectivity index (χ0v) is 42.1. The standard InChI is InChI=1S/C58H88O6S/c1-6-8-10-12-14-16-18-20-22-24-26-28-30-32-34-36-55(59)63-51-42-38-49(39-43-51)47(3)53-46-54(58(61)62-5)65-57(53)48(4)50-40-44-52(45-41-50)64-56(60)37-35-33-31-29-27-25-23-21-19-17-15-13-11-9-7-2/h38-46,53,57H,3-4,6-37H2,1-2,5H3/t53-,57-/m1/s1. The van der Waals surface area contributed by atoms with Gasteiger partial charge in [-0.3, -0.25) is 9.59 Å². The van der Waals surface area contributed by atoms with Gasteiger partial charge in [-0.2, -0.15) is 0 Å². The van der Waals surface area contributed by atoms with E-state index in [2.05, 4.69) is 27.0 Å². The highest BCUT2D eigenvalue weighted by molar-refractivity contribution is 8.05. The van der Waals surface area contributed by atoms with Gasteiger partial charge in [0.1, 0.15) is 11.5 Å². The first-order valence-corrected chi connectivity index (χ1v) is 27.1. The van der Waals surface area contributed by atoms with Gasteiger partial charge in [-0.25, -0.2) is 4.79 Å². The molecule has 1 aliphatic heterocycles. The van der Waals surface area contributed by atoms with Crippen LogP contribution in [-0.4, -0.2) is 30.3 Å². The largest absolute Gasteiger partial charge is 0.465 e. The van der Waals surface area contributed by atoms with Crippen LogP contribution in [0.5, 0.6) is 11.5 Å². The SMILES string of the molecule is C=C(c1ccc(OC(=O)CCCCCCCCCCCCCCCCC)cc1)[C@H]1C=C(C(=O)OC)S[C@@H]1C(=C)c1ccc(OC(=O)CCCCCCCCCCCCCCCCC)cc1. The highest BCUT2D eigenvalue weighted by Gasteiger charge is 2.36. The molecule has 0 bridgehead atoms. The van der Waals surface area contributed by atoms with Crippen molar-refractivity contribution in [3.8, 4) is 11.5 Å². The summed E-state index contributed by atoms with van der Waals surface area (Å²) in [6.07, 6.45) is 41.4. The van der Waals surface area contributed by atoms with Crippen molar-refractivity contribution in [3.05, 3.63) is 83.8 Å². The van der Waals surface area contributed by atoms with Gasteiger partial charge in [0, 0.05) is 24.0 Å². The molecule has 2 atom stereocenters. The Morgan fingerprint density at radius 1 is 0.462 bits per heavy atom. The third-order valence-electron chi connectivity index (χ3n) is 12.9. The quantitative estimate of drug-likeness (QED) is 0.0375. The first-order chi connectivity index (χ1) is 31.8. The van der Waals surface area contributed by atoms with E-state index in [1.54, 1.807) is 0 Å². The van der Waals surface area contributed by atoms with Gasteiger partial charge in [0.2, 0.25) is 0 Å². The fraction of sp³-hybridized carbons (Fsp3) is 0.638. The minimum atomic E-state index is -0.393. The molecule has 0 aromatic heterocycles. The van der Waals surface area contributed by atoms with E-state index >= 15 is 0 Å². The van der Waals surface area contributed by atoms with Crippen LogP contribution in [0.4, 0.5) is 0 Å². The number of unbranched alkanes of at least 4 members (excludes halogenated alkanes) is 28. The molecule has 1 heterocycles. The van der Waals surface area contributed by atoms with Gasteiger partial charge in [0.15, 0.2) is 0 Å². The molecule has 0 unspecified atom stereocenters. The van der Waals surface area contributed by atoms with E-state index < -0.39 is 5.97 Å². The van der Waals surface area contributed by atoms with Gasteiger partial charge in [0.25, 0.3) is 0 Å². The summed E-state index contributed by atoms with van der Waals surface area (Å²) in [5.74, 6) is -0.0149. The van der Waals surface area contributed by atoms with Gasteiger partial charge in [-0.15, -0.1) is 11.8 Å². The smallest absolute Gasteiger partial charge is 0.344 e. The van der Waals surface area contributed by atoms with E-state index in [1.807, 2.05) is 54.6 Å². The molecule has 0 saturated heterocycles. The lowest BCUT2D eigenvalue weighted by atomic mass is 9.86. The molecule has 2 aromatic rings. The number of thioether (sulfide) groups is 1. The van der Waals surface area contributed by atoms with Crippen molar-refractivity contribution in [3.63, 3.8) is 0 Å². The Balaban J connectivity index is 1.34. The molecule has 2 aromatic carbocycles. The van der Waals surface area contributed by atoms with E-state index in [0.717, 1.165) is 48.0 Å². The van der Waals surface area contributed by atoms with Crippen LogP contribution in [0, 0.1) is 5.92 Å². The Labute approximate surface area is 400 Å². The summed E-state index contributed by atoms with van der Waals surface area (Å²) < 4.78 is 16.4. The number of ether oxygens (including phenoxy) is 3. The number of rotatable bonds is 39. The van der Waals surface area contributed by atoms with Crippen LogP contribution in [0.3, 0.4) is 0 Å². The third kappa shape index (κ3) is 24.1. The van der Waals surface area contributed by atoms with Crippen LogP contribution >= 0.6 is 11.8 Å². The molecule has 0 spiro atoms. The van der Waals surface area contributed by atoms with Crippen molar-refractivity contribution in [1.82, 2.24) is 0 Å². The second-order valence-corrected chi connectivity index (χ2v) is 19.7. The summed E-state index contributed by atoms with van der Waals surface area (Å²) in [5.41, 5.74) is 3.42. The maximum absolute atomic E-state index is 12.7. The second kappa shape index (κ2) is 35.6. The Kier molecular flexibility index (Phi) is 30.5. The normalized spacial score (nSPS) is 14.5. The minimum Gasteiger partial charge on any atom is -0.465 e. The molecule has 0 fully saturated rings. The Morgan fingerprint density at radius 3 is 1.09 bits per heavy atom. The number of benzene rings is 2. The first kappa shape index (κ1) is 55.7. The van der Waals surface area contributed by atoms with E-state index in [1.165, 1.54) is 186 Å². The van der Waals surface area contributed by atoms with Crippen molar-refractivity contribution in [1.29, 1.82) is 0 Å². The molecule has 0 amide bonds. The maximum Gasteiger partial charge on any atom is 0.344 e. The number of carbonyl (C=O) groups excluding carboxylic acids is 3. The zero-order valence-electron chi connectivity index (χ0n) is 41.3. The van der Waals surface area contributed by atoms with Gasteiger partial charge in [0.05, 0.1) is 12.0 Å². The van der Waals surface area contributed by atoms with Crippen LogP contribution in [0.1, 0.15) is 230 Å². The summed E-state index contributed by atoms with van der Waals surface area (Å²) in [6.45, 7) is 13.4. The zero-order chi connectivity index (χ0) is 46.7. The lowest BCUT2D eigenvalue weighted by Crippen LogP contribution is -2.15. The van der Waals surface area contributed by atoms with Crippen LogP contribution in [-0.2, 0) is 19.1 Å². The lowest BCUT2D eigenvalue weighted by molar-refractivity contribution is -0.135. The highest BCUT2D eigenvalue weighted by Crippen LogP contribution is 2.48. The monoisotopic (exact) mass is 913 g/mol. The van der Waals surface area contributed by atoms with Crippen molar-refractivity contribution >= 4 is 40.8 Å². The van der Waals surface area contributed by atoms with Crippen molar-refractivity contribution in [2.24, 2.45) is 5.92 Å². The van der Waals surface area contributed by atoms with Crippen molar-refractivity contribution < 1.29 is 28.6 Å². The lowest BCUT2D eigenvalue weighted by Gasteiger charge is -2.23. The topological polar surface area (TPSA) is 78.9 Å². The predicted octanol–water partition coefficient (Wildman–Crippen LogP) is 17.5. The molecule has 362 valence electrons. The number of allylic oxidation sites excluding steroid dienone is 2. The number of hydrogen-bond acceptors (Lipinski definition) is 7. The summed E-state index contributed by atoms with van der Waals surface area (Å²) in [5, 5.41) is -0.206. The van der Waals surface area contributed by atoms with Crippen LogP contribution in [0.25, 0.3) is 11.1 Å². The molecular weight excluding hydrogens is 825 g/mol. The molecule has 0 saturated carbocycles. The molecule has 0 aliphatic carbocycles. The van der Waals surface area contributed by atoms with Crippen LogP contribution < -0.4 is 9.47 Å². The predicted molar refractivity (Wildman–Crippen MR) is 276 cm³/mol. The second-order valence-electron chi connectivity index (χ2n) is 18.5. The fourth-order valence-corrected chi connectivity index (χ4v) is 10.1. The highest BCUT2D eigenvalue weighted by atomic mass is 32.2. The van der Waals surface area contributed by atoms with E-state index in [-0.39, 0.29) is 23.1 Å². The molecule has 3 rings (SSSR count). The molecular formula is C58H88O6S. The third-order valence-corrected chi connectivity index (χ3v) is 14.3. The summed E-state index contributed by atoms with van der Waals surface area (Å²) in [7, 11) is 1.38. The Hall–Kier alpha value is -3.58. The number of carbonyl (C=O) groups is 3. The van der Waals surface area contributed by atoms with E-state index in [4.69, 9.17) is 14.2 Å². The first-order valence-electron chi connectivity index (χ1n) is 26.2. The average molecular weight is 913 g/mol. The number of methoxy groups -OCH3 is 1. The van der Waals surface area contributed by atoms with Crippen LogP contribution in [0.15, 0.2) is 72.7 Å². The van der Waals surface area contributed by atoms with Crippen LogP contribution in [0.2, 0.25) is 0 Å². The van der Waals surface area contributed by atoms with Crippen molar-refractivity contribution in [2.45, 2.75) is 225 Å². The summed E-state index contributed by atoms with van der Waals surface area (Å²) >= 11 is 1.42. The molecule has 0 radical (unpaired) electrons. The summed E-state index contributed by atoms with van der Waals surface area (Å²) in [6, 6.07) is 14.9. The van der Waals surface area contributed by atoms with Crippen molar-refractivity contribution in [2.75, 3.05) is 7.11 Å². The molecule has 6 nitrogen and oxygen atoms in total. The molecule has 7 heteroatoms. The Morgan fingerprint density at radius 2 is 0.769 bits per heavy atom. The minimum absolute atomic E-state index is 0.206. The number of hydrogen-bond donors (Lipinski definition) is 0. The van der Waals surface area contributed by atoms with E-state index in [0.29, 0.717) is 29.2 Å².